The second-order valence-electron chi connectivity index (χ2n) is 16.1. The van der Waals surface area contributed by atoms with E-state index in [2.05, 4.69) is 31.1 Å². The molecule has 2 heterocycles. The number of likely N-dealkylation sites (tertiary alicyclic amines) is 1. The van der Waals surface area contributed by atoms with Gasteiger partial charge < -0.3 is 35.4 Å². The number of hydrogen-bond acceptors (Lipinski definition) is 9. The van der Waals surface area contributed by atoms with E-state index in [0.29, 0.717) is 49.1 Å². The molecule has 7 atom stereocenters. The highest BCUT2D eigenvalue weighted by atomic mass is 16.7. The summed E-state index contributed by atoms with van der Waals surface area (Å²) in [4.78, 5) is 49.6. The van der Waals surface area contributed by atoms with Crippen LogP contribution in [0.4, 0.5) is 5.69 Å². The molecule has 4 N–H and O–H groups in total. The number of carbonyl (C=O) groups is 3. The van der Waals surface area contributed by atoms with Crippen LogP contribution >= 0.6 is 0 Å². The van der Waals surface area contributed by atoms with Crippen molar-refractivity contribution < 1.29 is 34.2 Å². The molecule has 2 aromatic rings. The van der Waals surface area contributed by atoms with Crippen molar-refractivity contribution in [3.05, 3.63) is 59.7 Å². The Morgan fingerprint density at radius 2 is 1.96 bits per heavy atom. The SMILES string of the molecule is C=C1[C@@H](NC(=O)[C@@H]2[C@H]([C@H](C)O)[C@H](CO)ON2Cc2cccc(-c3cc(C(=O)NCCCN4CCCC4=O)cc(N(C)C)c3)c2OC)C[C@H]2C[C@@H]1C2(C)C. The van der Waals surface area contributed by atoms with E-state index in [9.17, 15) is 24.6 Å². The van der Waals surface area contributed by atoms with Crippen LogP contribution in [0.25, 0.3) is 11.1 Å². The maximum atomic E-state index is 14.2. The highest BCUT2D eigenvalue weighted by Gasteiger charge is 2.56. The average Bonchev–Trinajstić information content (AvgIpc) is 3.72. The fraction of sp³-hybridized carbons (Fsp3) is 0.585. The third kappa shape index (κ3) is 7.69. The van der Waals surface area contributed by atoms with Gasteiger partial charge >= 0.3 is 0 Å². The molecule has 0 radical (unpaired) electrons. The van der Waals surface area contributed by atoms with Crippen LogP contribution in [0.3, 0.4) is 0 Å². The van der Waals surface area contributed by atoms with Crippen LogP contribution in [-0.4, -0.2) is 110 Å². The molecule has 7 rings (SSSR count). The number of amides is 3. The van der Waals surface area contributed by atoms with Crippen molar-refractivity contribution >= 4 is 23.4 Å². The highest BCUT2D eigenvalue weighted by molar-refractivity contribution is 5.97. The zero-order valence-electron chi connectivity index (χ0n) is 32.1. The van der Waals surface area contributed by atoms with E-state index in [4.69, 9.17) is 9.57 Å². The second kappa shape index (κ2) is 15.8. The lowest BCUT2D eigenvalue weighted by molar-refractivity contribution is -0.182. The Kier molecular flexibility index (Phi) is 11.5. The minimum atomic E-state index is -0.927. The highest BCUT2D eigenvalue weighted by Crippen LogP contribution is 2.60. The Hall–Kier alpha value is -3.97. The van der Waals surface area contributed by atoms with E-state index in [1.54, 1.807) is 19.1 Å². The molecule has 3 amide bonds. The second-order valence-corrected chi connectivity index (χ2v) is 16.1. The summed E-state index contributed by atoms with van der Waals surface area (Å²) in [6.45, 7) is 12.2. The third-order valence-corrected chi connectivity index (χ3v) is 12.3. The van der Waals surface area contributed by atoms with Crippen LogP contribution in [0.1, 0.15) is 68.8 Å². The molecule has 288 valence electrons. The van der Waals surface area contributed by atoms with Gasteiger partial charge in [-0.15, -0.1) is 0 Å². The lowest BCUT2D eigenvalue weighted by Crippen LogP contribution is -2.59. The summed E-state index contributed by atoms with van der Waals surface area (Å²) >= 11 is 0. The summed E-state index contributed by atoms with van der Waals surface area (Å²) in [5.74, 6) is 0.437. The van der Waals surface area contributed by atoms with Gasteiger partial charge in [0, 0.05) is 68.4 Å². The van der Waals surface area contributed by atoms with E-state index < -0.39 is 24.2 Å². The van der Waals surface area contributed by atoms with Gasteiger partial charge in [-0.2, -0.15) is 5.06 Å². The number of anilines is 1. The van der Waals surface area contributed by atoms with Crippen LogP contribution in [0.5, 0.6) is 5.75 Å². The van der Waals surface area contributed by atoms with Crippen molar-refractivity contribution in [2.75, 3.05) is 52.3 Å². The number of rotatable bonds is 14. The smallest absolute Gasteiger partial charge is 0.251 e. The number of hydroxylamine groups is 2. The van der Waals surface area contributed by atoms with E-state index in [1.165, 1.54) is 0 Å². The summed E-state index contributed by atoms with van der Waals surface area (Å²) in [6, 6.07) is 10.4. The number of aliphatic hydroxyl groups is 2. The quantitative estimate of drug-likeness (QED) is 0.169. The maximum Gasteiger partial charge on any atom is 0.251 e. The predicted molar refractivity (Wildman–Crippen MR) is 203 cm³/mol. The van der Waals surface area contributed by atoms with E-state index in [-0.39, 0.29) is 42.3 Å². The van der Waals surface area contributed by atoms with Gasteiger partial charge in [0.1, 0.15) is 17.9 Å². The fourth-order valence-electron chi connectivity index (χ4n) is 9.02. The molecule has 0 unspecified atom stereocenters. The molecule has 0 spiro atoms. The first-order chi connectivity index (χ1) is 25.2. The van der Waals surface area contributed by atoms with Crippen LogP contribution in [0, 0.1) is 23.2 Å². The molecule has 12 heteroatoms. The summed E-state index contributed by atoms with van der Waals surface area (Å²) in [7, 11) is 5.42. The first kappa shape index (κ1) is 38.7. The molecule has 12 nitrogen and oxygen atoms in total. The van der Waals surface area contributed by atoms with Crippen molar-refractivity contribution in [3.63, 3.8) is 0 Å². The number of methoxy groups -OCH3 is 1. The molecule has 3 saturated carbocycles. The van der Waals surface area contributed by atoms with Crippen LogP contribution in [0.15, 0.2) is 48.6 Å². The number of ether oxygens (including phenoxy) is 1. The third-order valence-electron chi connectivity index (χ3n) is 12.3. The Balaban J connectivity index is 1.23. The molecule has 3 aliphatic carbocycles. The van der Waals surface area contributed by atoms with Gasteiger partial charge in [-0.3, -0.25) is 19.2 Å². The Morgan fingerprint density at radius 1 is 1.19 bits per heavy atom. The van der Waals surface area contributed by atoms with Crippen LogP contribution in [-0.2, 0) is 21.0 Å². The topological polar surface area (TPSA) is 144 Å². The lowest BCUT2D eigenvalue weighted by Gasteiger charge is -2.60. The van der Waals surface area contributed by atoms with Crippen LogP contribution in [0.2, 0.25) is 0 Å². The molecular weight excluding hydrogens is 674 g/mol. The summed E-state index contributed by atoms with van der Waals surface area (Å²) < 4.78 is 6.03. The molecular formula is C41H57N5O7. The van der Waals surface area contributed by atoms with E-state index in [0.717, 1.165) is 53.8 Å². The summed E-state index contributed by atoms with van der Waals surface area (Å²) in [5, 5.41) is 29.0. The molecule has 2 bridgehead atoms. The van der Waals surface area contributed by atoms with E-state index >= 15 is 0 Å². The molecule has 0 aromatic heterocycles. The molecule has 2 aliphatic heterocycles. The minimum absolute atomic E-state index is 0.138. The molecule has 53 heavy (non-hydrogen) atoms. The maximum absolute atomic E-state index is 14.2. The number of hydrogen-bond donors (Lipinski definition) is 4. The fourth-order valence-corrected chi connectivity index (χ4v) is 9.02. The van der Waals surface area contributed by atoms with Crippen molar-refractivity contribution in [1.82, 2.24) is 20.6 Å². The predicted octanol–water partition coefficient (Wildman–Crippen LogP) is 3.75. The van der Waals surface area contributed by atoms with Gasteiger partial charge in [-0.1, -0.05) is 44.2 Å². The first-order valence-electron chi connectivity index (χ1n) is 19.0. The zero-order chi connectivity index (χ0) is 38.2. The number of para-hydroxylation sites is 1. The van der Waals surface area contributed by atoms with Gasteiger partial charge in [0.05, 0.1) is 32.4 Å². The lowest BCUT2D eigenvalue weighted by atomic mass is 9.46. The largest absolute Gasteiger partial charge is 0.496 e. The van der Waals surface area contributed by atoms with Crippen LogP contribution < -0.4 is 20.3 Å². The molecule has 5 fully saturated rings. The summed E-state index contributed by atoms with van der Waals surface area (Å²) in [5.41, 5.74) is 4.80. The average molecular weight is 732 g/mol. The normalized spacial score (nSPS) is 27.0. The number of nitrogens with one attached hydrogen (secondary N) is 2. The first-order valence-corrected chi connectivity index (χ1v) is 19.0. The summed E-state index contributed by atoms with van der Waals surface area (Å²) in [6.07, 6.45) is 2.37. The van der Waals surface area contributed by atoms with Gasteiger partial charge in [0.25, 0.3) is 5.91 Å². The van der Waals surface area contributed by atoms with Gasteiger partial charge in [0.15, 0.2) is 0 Å². The van der Waals surface area contributed by atoms with Gasteiger partial charge in [0.2, 0.25) is 11.8 Å². The standard InChI is InChI=1S/C41H57N5O7/c1-24-32-20-29(41(32,3)4)21-33(24)43-40(51)37-36(25(2)48)34(23-47)53-46(37)22-26-11-8-12-31(38(26)52-7)27-17-28(19-30(18-27)44(5)6)39(50)42-14-10-16-45-15-9-13-35(45)49/h8,11-12,17-19,25,29,32-34,36-37,47-48H,1,9-10,13-16,20-23H2,2-7H3,(H,42,50)(H,43,51)/t25-,29+,32-,33-,34-,36+,37-/m0/s1. The molecule has 2 aromatic carbocycles. The van der Waals surface area contributed by atoms with Crippen molar-refractivity contribution in [2.24, 2.45) is 23.2 Å². The zero-order valence-corrected chi connectivity index (χ0v) is 32.1. The minimum Gasteiger partial charge on any atom is -0.496 e. The number of benzene rings is 2. The number of aliphatic hydroxyl groups excluding tert-OH is 2. The Labute approximate surface area is 313 Å². The van der Waals surface area contributed by atoms with Crippen molar-refractivity contribution in [2.45, 2.75) is 83.7 Å². The molecule has 2 saturated heterocycles. The number of fused-ring (bicyclic) bond motifs is 2. The van der Waals surface area contributed by atoms with Crippen molar-refractivity contribution in [1.29, 1.82) is 0 Å². The number of nitrogens with zero attached hydrogens (tertiary/aromatic N) is 3. The Morgan fingerprint density at radius 3 is 2.58 bits per heavy atom. The number of carbonyl (C=O) groups excluding carboxylic acids is 3. The van der Waals surface area contributed by atoms with E-state index in [1.807, 2.05) is 60.3 Å². The monoisotopic (exact) mass is 731 g/mol. The van der Waals surface area contributed by atoms with Gasteiger partial charge in [-0.05, 0) is 73.6 Å². The molecule has 5 aliphatic rings. The van der Waals surface area contributed by atoms with Gasteiger partial charge in [-0.25, -0.2) is 0 Å². The Bertz CT molecular complexity index is 1710. The van der Waals surface area contributed by atoms with Crippen molar-refractivity contribution in [3.8, 4) is 16.9 Å².